The predicted molar refractivity (Wildman–Crippen MR) is 113 cm³/mol. The predicted octanol–water partition coefficient (Wildman–Crippen LogP) is 3.01. The molecule has 1 N–H and O–H groups in total. The standard InChI is InChI=1S/C20H18F3N7O2S/c1-11-13(9-24-30(11)19-26-16(31)14-3-2-6-29(14)27-19)18(32)28-7-4-12(5-8-28)17-25-15(10-33-17)20(21,22)23/h2-3,6,9-10,12H,4-5,7-8H2,1H3,(H,26,27,31). The third kappa shape index (κ3) is 3.81. The molecule has 5 heterocycles. The fraction of sp³-hybridized carbons (Fsp3) is 0.350. The molecule has 5 rings (SSSR count). The highest BCUT2D eigenvalue weighted by atomic mass is 32.1. The molecule has 13 heteroatoms. The summed E-state index contributed by atoms with van der Waals surface area (Å²) >= 11 is 1.01. The minimum absolute atomic E-state index is 0.110. The minimum Gasteiger partial charge on any atom is -0.338 e. The number of H-pyrrole nitrogens is 1. The first-order chi connectivity index (χ1) is 15.7. The molecular weight excluding hydrogens is 459 g/mol. The van der Waals surface area contributed by atoms with Crippen molar-refractivity contribution in [3.8, 4) is 5.95 Å². The van der Waals surface area contributed by atoms with Crippen LogP contribution in [0.2, 0.25) is 0 Å². The quantitative estimate of drug-likeness (QED) is 0.489. The summed E-state index contributed by atoms with van der Waals surface area (Å²) in [4.78, 5) is 33.4. The van der Waals surface area contributed by atoms with Crippen LogP contribution in [0.3, 0.4) is 0 Å². The number of fused-ring (bicyclic) bond motifs is 1. The van der Waals surface area contributed by atoms with E-state index in [9.17, 15) is 22.8 Å². The molecule has 0 radical (unpaired) electrons. The molecule has 1 amide bonds. The van der Waals surface area contributed by atoms with Crippen LogP contribution in [0.4, 0.5) is 13.2 Å². The number of halogens is 3. The molecular formula is C20H18F3N7O2S. The summed E-state index contributed by atoms with van der Waals surface area (Å²) in [6.07, 6.45) is -0.316. The van der Waals surface area contributed by atoms with Crippen molar-refractivity contribution in [2.24, 2.45) is 0 Å². The molecule has 9 nitrogen and oxygen atoms in total. The highest BCUT2D eigenvalue weighted by Gasteiger charge is 2.35. The molecule has 1 aliphatic rings. The average molecular weight is 477 g/mol. The van der Waals surface area contributed by atoms with Gasteiger partial charge in [-0.2, -0.15) is 18.3 Å². The van der Waals surface area contributed by atoms with Crippen LogP contribution in [-0.2, 0) is 6.18 Å². The van der Waals surface area contributed by atoms with Crippen LogP contribution in [0.5, 0.6) is 0 Å². The van der Waals surface area contributed by atoms with Crippen LogP contribution in [0.1, 0.15) is 45.5 Å². The number of carbonyl (C=O) groups excluding carboxylic acids is 1. The Hall–Kier alpha value is -3.48. The van der Waals surface area contributed by atoms with Crippen molar-refractivity contribution < 1.29 is 18.0 Å². The number of nitrogens with zero attached hydrogens (tertiary/aromatic N) is 6. The van der Waals surface area contributed by atoms with E-state index in [2.05, 4.69) is 20.2 Å². The summed E-state index contributed by atoms with van der Waals surface area (Å²) in [7, 11) is 0. The Balaban J connectivity index is 1.31. The molecule has 0 bridgehead atoms. The van der Waals surface area contributed by atoms with Crippen molar-refractivity contribution in [3.05, 3.63) is 62.2 Å². The Kier molecular flexibility index (Phi) is 5.07. The van der Waals surface area contributed by atoms with Crippen molar-refractivity contribution in [2.75, 3.05) is 13.1 Å². The van der Waals surface area contributed by atoms with E-state index in [-0.39, 0.29) is 23.3 Å². The second-order valence-electron chi connectivity index (χ2n) is 7.81. The van der Waals surface area contributed by atoms with Crippen molar-refractivity contribution in [1.29, 1.82) is 0 Å². The highest BCUT2D eigenvalue weighted by Crippen LogP contribution is 2.35. The molecule has 1 saturated heterocycles. The third-order valence-corrected chi connectivity index (χ3v) is 6.78. The molecule has 1 aliphatic heterocycles. The largest absolute Gasteiger partial charge is 0.434 e. The van der Waals surface area contributed by atoms with E-state index in [0.29, 0.717) is 47.7 Å². The maximum Gasteiger partial charge on any atom is 0.434 e. The minimum atomic E-state index is -4.45. The van der Waals surface area contributed by atoms with Gasteiger partial charge in [0.25, 0.3) is 11.5 Å². The van der Waals surface area contributed by atoms with E-state index in [1.165, 1.54) is 15.4 Å². The van der Waals surface area contributed by atoms with E-state index in [1.807, 2.05) is 0 Å². The maximum absolute atomic E-state index is 13.1. The number of rotatable bonds is 3. The number of carbonyl (C=O) groups is 1. The Morgan fingerprint density at radius 1 is 1.27 bits per heavy atom. The van der Waals surface area contributed by atoms with Crippen LogP contribution < -0.4 is 5.56 Å². The zero-order chi connectivity index (χ0) is 23.3. The fourth-order valence-electron chi connectivity index (χ4n) is 3.97. The van der Waals surface area contributed by atoms with Gasteiger partial charge in [-0.25, -0.2) is 14.2 Å². The number of aromatic amines is 1. The lowest BCUT2D eigenvalue weighted by Gasteiger charge is -2.31. The lowest BCUT2D eigenvalue weighted by Crippen LogP contribution is -2.38. The molecule has 1 fully saturated rings. The van der Waals surface area contributed by atoms with Gasteiger partial charge < -0.3 is 4.90 Å². The SMILES string of the molecule is Cc1c(C(=O)N2CCC(c3nc(C(F)(F)F)cs3)CC2)cnn1-c1nn2cccc2c(=O)[nH]1. The maximum atomic E-state index is 13.1. The summed E-state index contributed by atoms with van der Waals surface area (Å²) < 4.78 is 41.3. The second-order valence-corrected chi connectivity index (χ2v) is 8.70. The number of likely N-dealkylation sites (tertiary alicyclic amines) is 1. The van der Waals surface area contributed by atoms with Crippen LogP contribution in [0, 0.1) is 6.92 Å². The smallest absolute Gasteiger partial charge is 0.338 e. The van der Waals surface area contributed by atoms with Crippen molar-refractivity contribution in [1.82, 2.24) is 34.3 Å². The van der Waals surface area contributed by atoms with E-state index in [1.54, 1.807) is 30.2 Å². The summed E-state index contributed by atoms with van der Waals surface area (Å²) in [5.74, 6) is -0.151. The first kappa shape index (κ1) is 21.4. The van der Waals surface area contributed by atoms with E-state index in [0.717, 1.165) is 16.7 Å². The summed E-state index contributed by atoms with van der Waals surface area (Å²) in [6, 6.07) is 3.34. The molecule has 172 valence electrons. The van der Waals surface area contributed by atoms with Gasteiger partial charge in [0.15, 0.2) is 5.69 Å². The van der Waals surface area contributed by atoms with Crippen LogP contribution in [0.25, 0.3) is 11.5 Å². The topological polar surface area (TPSA) is 101 Å². The van der Waals surface area contributed by atoms with Crippen LogP contribution in [0.15, 0.2) is 34.7 Å². The van der Waals surface area contributed by atoms with Gasteiger partial charge in [0.05, 0.1) is 22.5 Å². The first-order valence-corrected chi connectivity index (χ1v) is 11.0. The normalized spacial score (nSPS) is 15.5. The van der Waals surface area contributed by atoms with Crippen molar-refractivity contribution in [2.45, 2.75) is 31.9 Å². The van der Waals surface area contributed by atoms with Gasteiger partial charge in [-0.15, -0.1) is 16.4 Å². The van der Waals surface area contributed by atoms with E-state index >= 15 is 0 Å². The molecule has 0 aromatic carbocycles. The molecule has 33 heavy (non-hydrogen) atoms. The van der Waals surface area contributed by atoms with Crippen molar-refractivity contribution in [3.63, 3.8) is 0 Å². The second kappa shape index (κ2) is 7.83. The summed E-state index contributed by atoms with van der Waals surface area (Å²) in [5, 5.41) is 10.0. The number of hydrogen-bond donors (Lipinski definition) is 1. The Labute approximate surface area is 188 Å². The van der Waals surface area contributed by atoms with Crippen LogP contribution >= 0.6 is 11.3 Å². The number of aromatic nitrogens is 6. The number of nitrogens with one attached hydrogen (secondary N) is 1. The molecule has 0 aliphatic carbocycles. The van der Waals surface area contributed by atoms with E-state index in [4.69, 9.17) is 0 Å². The number of alkyl halides is 3. The third-order valence-electron chi connectivity index (χ3n) is 5.77. The van der Waals surface area contributed by atoms with Gasteiger partial charge in [-0.3, -0.25) is 14.6 Å². The number of thiazole rings is 1. The van der Waals surface area contributed by atoms with Gasteiger partial charge >= 0.3 is 6.18 Å². The number of piperidine rings is 1. The van der Waals surface area contributed by atoms with Crippen molar-refractivity contribution >= 4 is 22.8 Å². The molecule has 0 unspecified atom stereocenters. The van der Waals surface area contributed by atoms with Gasteiger partial charge in [-0.05, 0) is 31.9 Å². The Bertz CT molecular complexity index is 1390. The zero-order valence-electron chi connectivity index (χ0n) is 17.3. The summed E-state index contributed by atoms with van der Waals surface area (Å²) in [5.41, 5.74) is 0.0913. The van der Waals surface area contributed by atoms with Gasteiger partial charge in [-0.1, -0.05) is 0 Å². The fourth-order valence-corrected chi connectivity index (χ4v) is 4.96. The Morgan fingerprint density at radius 2 is 2.03 bits per heavy atom. The van der Waals surface area contributed by atoms with Gasteiger partial charge in [0.2, 0.25) is 5.95 Å². The monoisotopic (exact) mass is 477 g/mol. The molecule has 0 saturated carbocycles. The molecule has 4 aromatic rings. The summed E-state index contributed by atoms with van der Waals surface area (Å²) in [6.45, 7) is 2.51. The molecule has 4 aromatic heterocycles. The Morgan fingerprint density at radius 3 is 2.73 bits per heavy atom. The van der Waals surface area contributed by atoms with Gasteiger partial charge in [0.1, 0.15) is 5.52 Å². The number of hydrogen-bond acceptors (Lipinski definition) is 6. The molecule has 0 atom stereocenters. The van der Waals surface area contributed by atoms with Gasteiger partial charge in [0, 0.05) is 30.6 Å². The zero-order valence-corrected chi connectivity index (χ0v) is 18.2. The first-order valence-electron chi connectivity index (χ1n) is 10.2. The van der Waals surface area contributed by atoms with E-state index < -0.39 is 11.9 Å². The highest BCUT2D eigenvalue weighted by molar-refractivity contribution is 7.09. The average Bonchev–Trinajstić information content (AvgIpc) is 3.52. The number of amides is 1. The molecule has 0 spiro atoms. The lowest BCUT2D eigenvalue weighted by molar-refractivity contribution is -0.140. The lowest BCUT2D eigenvalue weighted by atomic mass is 9.97. The van der Waals surface area contributed by atoms with Crippen LogP contribution in [-0.4, -0.2) is 53.3 Å².